The van der Waals surface area contributed by atoms with Crippen LogP contribution in [0, 0.1) is 0 Å². The average molecular weight is 248 g/mol. The van der Waals surface area contributed by atoms with E-state index >= 15 is 0 Å². The van der Waals surface area contributed by atoms with Gasteiger partial charge in [-0.15, -0.1) is 0 Å². The summed E-state index contributed by atoms with van der Waals surface area (Å²) in [7, 11) is -5.18. The van der Waals surface area contributed by atoms with E-state index in [1.165, 1.54) is 0 Å². The first-order valence-corrected chi connectivity index (χ1v) is 5.90. The molecule has 0 bridgehead atoms. The lowest BCUT2D eigenvalue weighted by Crippen LogP contribution is -2.24. The van der Waals surface area contributed by atoms with Crippen molar-refractivity contribution in [2.24, 2.45) is 0 Å². The van der Waals surface area contributed by atoms with Crippen LogP contribution in [0.2, 0.25) is 0 Å². The smallest absolute Gasteiger partial charge is 0.215 e. The maximum absolute atomic E-state index is 12.3. The van der Waals surface area contributed by atoms with Crippen LogP contribution in [-0.2, 0) is 16.3 Å². The molecular weight excluding hydrogens is 241 g/mol. The van der Waals surface area contributed by atoms with E-state index in [9.17, 15) is 21.6 Å². The van der Waals surface area contributed by atoms with Crippen LogP contribution in [0.15, 0.2) is 29.2 Å². The fourth-order valence-electron chi connectivity index (χ4n) is 1.57. The number of halogens is 3. The van der Waals surface area contributed by atoms with Crippen LogP contribution in [0.1, 0.15) is 11.1 Å². The highest BCUT2D eigenvalue weighted by atomic mass is 32.2. The molecule has 2 nitrogen and oxygen atoms in total. The molecule has 1 aliphatic rings. The van der Waals surface area contributed by atoms with E-state index in [1.807, 2.05) is 0 Å². The van der Waals surface area contributed by atoms with Gasteiger partial charge in [0.05, 0.1) is 4.91 Å². The van der Waals surface area contributed by atoms with E-state index in [0.29, 0.717) is 11.1 Å². The lowest BCUT2D eigenvalue weighted by molar-refractivity contribution is -0.0426. The summed E-state index contributed by atoms with van der Waals surface area (Å²) in [5, 5.41) is 0. The third kappa shape index (κ3) is 1.63. The zero-order valence-electron chi connectivity index (χ0n) is 7.95. The maximum atomic E-state index is 12.3. The third-order valence-electron chi connectivity index (χ3n) is 2.39. The number of fused-ring (bicyclic) bond motifs is 1. The van der Waals surface area contributed by atoms with Crippen molar-refractivity contribution in [1.29, 1.82) is 0 Å². The maximum Gasteiger partial charge on any atom is 0.501 e. The quantitative estimate of drug-likeness (QED) is 0.765. The number of rotatable bonds is 1. The molecule has 0 aliphatic heterocycles. The molecule has 0 radical (unpaired) electrons. The van der Waals surface area contributed by atoms with Gasteiger partial charge in [-0.05, 0) is 17.2 Å². The lowest BCUT2D eigenvalue weighted by atomic mass is 10.1. The Labute approximate surface area is 90.3 Å². The van der Waals surface area contributed by atoms with Crippen LogP contribution in [0.5, 0.6) is 0 Å². The molecule has 0 spiro atoms. The lowest BCUT2D eigenvalue weighted by Gasteiger charge is -2.08. The van der Waals surface area contributed by atoms with Gasteiger partial charge >= 0.3 is 5.51 Å². The Morgan fingerprint density at radius 1 is 1.12 bits per heavy atom. The van der Waals surface area contributed by atoms with Crippen molar-refractivity contribution in [1.82, 2.24) is 0 Å². The summed E-state index contributed by atoms with van der Waals surface area (Å²) < 4.78 is 59.1. The second kappa shape index (κ2) is 3.35. The largest absolute Gasteiger partial charge is 0.501 e. The summed E-state index contributed by atoms with van der Waals surface area (Å²) in [4.78, 5) is -0.582. The van der Waals surface area contributed by atoms with Crippen LogP contribution >= 0.6 is 0 Å². The number of sulfone groups is 1. The third-order valence-corrected chi connectivity index (χ3v) is 3.95. The van der Waals surface area contributed by atoms with Crippen molar-refractivity contribution in [3.05, 3.63) is 40.3 Å². The molecule has 0 N–H and O–H groups in total. The fraction of sp³-hybridized carbons (Fsp3) is 0.200. The minimum absolute atomic E-state index is 0.183. The molecule has 86 valence electrons. The molecule has 1 aromatic carbocycles. The van der Waals surface area contributed by atoms with Gasteiger partial charge in [-0.2, -0.15) is 13.2 Å². The number of allylic oxidation sites excluding steroid dienone is 1. The fourth-order valence-corrected chi connectivity index (χ4v) is 2.49. The minimum atomic E-state index is -5.22. The minimum Gasteiger partial charge on any atom is -0.215 e. The van der Waals surface area contributed by atoms with Gasteiger partial charge in [-0.1, -0.05) is 24.3 Å². The van der Waals surface area contributed by atoms with E-state index in [-0.39, 0.29) is 6.42 Å². The van der Waals surface area contributed by atoms with Gasteiger partial charge in [0.15, 0.2) is 0 Å². The molecular formula is C10H7F3O2S. The highest BCUT2D eigenvalue weighted by Gasteiger charge is 2.48. The SMILES string of the molecule is O=S(=O)(C1=Cc2ccccc2C1)C(F)(F)F. The molecule has 0 heterocycles. The molecule has 0 saturated carbocycles. The van der Waals surface area contributed by atoms with Crippen LogP contribution in [0.25, 0.3) is 6.08 Å². The van der Waals surface area contributed by atoms with E-state index in [4.69, 9.17) is 0 Å². The van der Waals surface area contributed by atoms with E-state index in [0.717, 1.165) is 6.08 Å². The topological polar surface area (TPSA) is 34.1 Å². The Bertz CT molecular complexity index is 556. The van der Waals surface area contributed by atoms with Crippen molar-refractivity contribution in [2.75, 3.05) is 0 Å². The Hall–Kier alpha value is -1.30. The molecule has 0 fully saturated rings. The first-order valence-electron chi connectivity index (χ1n) is 4.42. The predicted octanol–water partition coefficient (Wildman–Crippen LogP) is 2.52. The van der Waals surface area contributed by atoms with Gasteiger partial charge in [0, 0.05) is 6.42 Å². The van der Waals surface area contributed by atoms with Gasteiger partial charge < -0.3 is 0 Å². The highest BCUT2D eigenvalue weighted by Crippen LogP contribution is 2.36. The molecule has 0 aromatic heterocycles. The second-order valence-electron chi connectivity index (χ2n) is 3.44. The van der Waals surface area contributed by atoms with Crippen molar-refractivity contribution in [3.8, 4) is 0 Å². The number of benzene rings is 1. The summed E-state index contributed by atoms with van der Waals surface area (Å²) in [5.41, 5.74) is -4.09. The van der Waals surface area contributed by atoms with Crippen molar-refractivity contribution in [2.45, 2.75) is 11.9 Å². The standard InChI is InChI=1S/C10H7F3O2S/c11-10(12,13)16(14,15)9-5-7-3-1-2-4-8(7)6-9/h1-5H,6H2. The molecule has 0 saturated heterocycles. The van der Waals surface area contributed by atoms with Crippen LogP contribution < -0.4 is 0 Å². The Kier molecular flexibility index (Phi) is 2.34. The predicted molar refractivity (Wildman–Crippen MR) is 53.1 cm³/mol. The Morgan fingerprint density at radius 2 is 1.75 bits per heavy atom. The van der Waals surface area contributed by atoms with Gasteiger partial charge in [0.2, 0.25) is 0 Å². The molecule has 6 heteroatoms. The van der Waals surface area contributed by atoms with Gasteiger partial charge in [0.25, 0.3) is 9.84 Å². The molecule has 1 aliphatic carbocycles. The zero-order valence-corrected chi connectivity index (χ0v) is 8.77. The van der Waals surface area contributed by atoms with Gasteiger partial charge in [0.1, 0.15) is 0 Å². The first kappa shape index (κ1) is 11.2. The molecule has 0 amide bonds. The average Bonchev–Trinajstić information content (AvgIpc) is 2.59. The normalized spacial score (nSPS) is 15.8. The van der Waals surface area contributed by atoms with Crippen molar-refractivity contribution >= 4 is 15.9 Å². The molecule has 16 heavy (non-hydrogen) atoms. The van der Waals surface area contributed by atoms with Crippen LogP contribution in [0.3, 0.4) is 0 Å². The van der Waals surface area contributed by atoms with Crippen molar-refractivity contribution < 1.29 is 21.6 Å². The summed E-state index contributed by atoms with van der Waals surface area (Å²) in [6.45, 7) is 0. The highest BCUT2D eigenvalue weighted by molar-refractivity contribution is 7.96. The molecule has 0 unspecified atom stereocenters. The van der Waals surface area contributed by atoms with Crippen LogP contribution in [0.4, 0.5) is 13.2 Å². The summed E-state index contributed by atoms with van der Waals surface area (Å²) in [6.07, 6.45) is 0.899. The monoisotopic (exact) mass is 248 g/mol. The summed E-state index contributed by atoms with van der Waals surface area (Å²) >= 11 is 0. The zero-order chi connectivity index (χ0) is 12.0. The summed E-state index contributed by atoms with van der Waals surface area (Å²) in [6, 6.07) is 6.52. The molecule has 2 rings (SSSR count). The Balaban J connectivity index is 2.44. The second-order valence-corrected chi connectivity index (χ2v) is 5.43. The first-order chi connectivity index (χ1) is 7.32. The van der Waals surface area contributed by atoms with Gasteiger partial charge in [-0.3, -0.25) is 0 Å². The van der Waals surface area contributed by atoms with Gasteiger partial charge in [-0.25, -0.2) is 8.42 Å². The van der Waals surface area contributed by atoms with E-state index in [1.54, 1.807) is 24.3 Å². The van der Waals surface area contributed by atoms with Crippen LogP contribution in [-0.4, -0.2) is 13.9 Å². The molecule has 0 atom stereocenters. The van der Waals surface area contributed by atoms with E-state index < -0.39 is 20.3 Å². The number of alkyl halides is 3. The number of hydrogen-bond acceptors (Lipinski definition) is 2. The summed E-state index contributed by atoms with van der Waals surface area (Å²) in [5.74, 6) is 0. The van der Waals surface area contributed by atoms with E-state index in [2.05, 4.69) is 0 Å². The van der Waals surface area contributed by atoms with Crippen molar-refractivity contribution in [3.63, 3.8) is 0 Å². The molecule has 1 aromatic rings. The Morgan fingerprint density at radius 3 is 2.31 bits per heavy atom. The number of hydrogen-bond donors (Lipinski definition) is 0.